The van der Waals surface area contributed by atoms with E-state index in [1.54, 1.807) is 6.08 Å². The highest BCUT2D eigenvalue weighted by atomic mass is 16.3. The van der Waals surface area contributed by atoms with Crippen LogP contribution in [-0.4, -0.2) is 11.3 Å². The highest BCUT2D eigenvalue weighted by molar-refractivity contribution is 5.81. The van der Waals surface area contributed by atoms with Gasteiger partial charge in [0.15, 0.2) is 0 Å². The first kappa shape index (κ1) is 8.49. The average Bonchev–Trinajstić information content (AvgIpc) is 1.85. The van der Waals surface area contributed by atoms with Gasteiger partial charge in [0, 0.05) is 0 Å². The number of allylic oxidation sites excluding steroid dienone is 3. The first-order valence-electron chi connectivity index (χ1n) is 2.65. The van der Waals surface area contributed by atoms with Crippen molar-refractivity contribution in [1.82, 2.24) is 0 Å². The quantitative estimate of drug-likeness (QED) is 0.202. The van der Waals surface area contributed by atoms with Crippen molar-refractivity contribution in [2.45, 2.75) is 0 Å². The molecule has 0 aliphatic rings. The summed E-state index contributed by atoms with van der Waals surface area (Å²) in [6.45, 7) is 6.79. The minimum Gasteiger partial charge on any atom is -0.509 e. The van der Waals surface area contributed by atoms with Crippen LogP contribution in [0, 0.1) is 0 Å². The molecule has 0 aromatic carbocycles. The molecule has 3 N–H and O–H groups in total. The lowest BCUT2D eigenvalue weighted by Gasteiger charge is -1.86. The van der Waals surface area contributed by atoms with Crippen LogP contribution in [0.25, 0.3) is 0 Å². The minimum absolute atomic E-state index is 0.0217. The fourth-order valence-electron chi connectivity index (χ4n) is 0.342. The van der Waals surface area contributed by atoms with Gasteiger partial charge in [0.1, 0.15) is 5.76 Å². The molecule has 0 bridgehead atoms. The fraction of sp³-hybridized carbons (Fsp3) is 0. The van der Waals surface area contributed by atoms with Crippen molar-refractivity contribution in [3.05, 3.63) is 36.6 Å². The molecular formula is C7H10N2O. The third kappa shape index (κ3) is 4.64. The van der Waals surface area contributed by atoms with Gasteiger partial charge in [-0.05, 0) is 11.6 Å². The Morgan fingerprint density at radius 3 is 2.40 bits per heavy atom. The molecule has 0 aromatic rings. The van der Waals surface area contributed by atoms with Crippen LogP contribution in [0.15, 0.2) is 41.7 Å². The molecule has 0 heterocycles. The van der Waals surface area contributed by atoms with E-state index in [1.807, 2.05) is 0 Å². The van der Waals surface area contributed by atoms with Gasteiger partial charge in [0.25, 0.3) is 0 Å². The Kier molecular flexibility index (Phi) is 3.72. The number of nitrogens with two attached hydrogens (primary N) is 1. The molecular weight excluding hydrogens is 128 g/mol. The second kappa shape index (κ2) is 4.38. The number of aliphatic hydroxyl groups excluding tert-OH is 1. The van der Waals surface area contributed by atoms with E-state index in [4.69, 9.17) is 10.9 Å². The van der Waals surface area contributed by atoms with Gasteiger partial charge in [-0.3, -0.25) is 0 Å². The zero-order valence-corrected chi connectivity index (χ0v) is 5.62. The Balaban J connectivity index is 3.90. The van der Waals surface area contributed by atoms with Gasteiger partial charge in [-0.15, -0.1) is 0 Å². The van der Waals surface area contributed by atoms with Crippen LogP contribution in [0.3, 0.4) is 0 Å². The van der Waals surface area contributed by atoms with Crippen molar-refractivity contribution >= 4 is 6.21 Å². The molecule has 10 heavy (non-hydrogen) atoms. The average molecular weight is 138 g/mol. The summed E-state index contributed by atoms with van der Waals surface area (Å²) in [7, 11) is 0. The van der Waals surface area contributed by atoms with E-state index in [0.717, 1.165) is 0 Å². The summed E-state index contributed by atoms with van der Waals surface area (Å²) in [5.41, 5.74) is 0.609. The predicted octanol–water partition coefficient (Wildman–Crippen LogP) is 1.11. The molecule has 0 saturated heterocycles. The molecule has 3 nitrogen and oxygen atoms in total. The fourth-order valence-corrected chi connectivity index (χ4v) is 0.342. The van der Waals surface area contributed by atoms with Crippen LogP contribution in [0.5, 0.6) is 0 Å². The van der Waals surface area contributed by atoms with Crippen molar-refractivity contribution < 1.29 is 5.11 Å². The van der Waals surface area contributed by atoms with E-state index in [2.05, 4.69) is 18.3 Å². The smallest absolute Gasteiger partial charge is 0.108 e. The Labute approximate surface area is 59.9 Å². The van der Waals surface area contributed by atoms with E-state index in [-0.39, 0.29) is 5.76 Å². The maximum atomic E-state index is 8.57. The van der Waals surface area contributed by atoms with Crippen LogP contribution in [0.1, 0.15) is 0 Å². The summed E-state index contributed by atoms with van der Waals surface area (Å²) in [4.78, 5) is 0. The van der Waals surface area contributed by atoms with Crippen molar-refractivity contribution in [3.63, 3.8) is 0 Å². The Morgan fingerprint density at radius 2 is 2.00 bits per heavy atom. The first-order chi connectivity index (χ1) is 4.66. The van der Waals surface area contributed by atoms with Crippen LogP contribution >= 0.6 is 0 Å². The SMILES string of the molecule is C=C(O)/C=C\C(=C)/C=N/N. The molecule has 0 aliphatic carbocycles. The van der Waals surface area contributed by atoms with Gasteiger partial charge in [-0.1, -0.05) is 19.2 Å². The molecule has 0 spiro atoms. The Morgan fingerprint density at radius 1 is 1.40 bits per heavy atom. The second-order valence-corrected chi connectivity index (χ2v) is 1.68. The largest absolute Gasteiger partial charge is 0.509 e. The van der Waals surface area contributed by atoms with Gasteiger partial charge in [-0.2, -0.15) is 5.10 Å². The van der Waals surface area contributed by atoms with E-state index < -0.39 is 0 Å². The van der Waals surface area contributed by atoms with Crippen LogP contribution < -0.4 is 5.84 Å². The van der Waals surface area contributed by atoms with Gasteiger partial charge >= 0.3 is 0 Å². The lowest BCUT2D eigenvalue weighted by molar-refractivity contribution is 0.435. The normalized spacial score (nSPS) is 10.8. The van der Waals surface area contributed by atoms with E-state index in [0.29, 0.717) is 5.57 Å². The summed E-state index contributed by atoms with van der Waals surface area (Å²) >= 11 is 0. The molecule has 54 valence electrons. The number of rotatable bonds is 3. The first-order valence-corrected chi connectivity index (χ1v) is 2.65. The molecule has 0 amide bonds. The van der Waals surface area contributed by atoms with E-state index >= 15 is 0 Å². The van der Waals surface area contributed by atoms with Crippen LogP contribution in [0.4, 0.5) is 0 Å². The number of hydrazone groups is 1. The summed E-state index contributed by atoms with van der Waals surface area (Å²) in [5, 5.41) is 11.8. The Bertz CT molecular complexity index is 192. The molecule has 3 heteroatoms. The van der Waals surface area contributed by atoms with E-state index in [9.17, 15) is 0 Å². The third-order valence-corrected chi connectivity index (χ3v) is 0.730. The lowest BCUT2D eigenvalue weighted by Crippen LogP contribution is -1.83. The number of hydrogen-bond acceptors (Lipinski definition) is 3. The predicted molar refractivity (Wildman–Crippen MR) is 42.7 cm³/mol. The standard InChI is InChI=1S/C7H10N2O/c1-6(5-9-8)3-4-7(2)10/h3-5,10H,1-2,8H2/b4-3-,9-5+. The second-order valence-electron chi connectivity index (χ2n) is 1.68. The maximum Gasteiger partial charge on any atom is 0.108 e. The van der Waals surface area contributed by atoms with Crippen molar-refractivity contribution in [2.24, 2.45) is 10.9 Å². The molecule has 0 aromatic heterocycles. The molecule has 0 radical (unpaired) electrons. The lowest BCUT2D eigenvalue weighted by atomic mass is 10.3. The molecule has 0 unspecified atom stereocenters. The highest BCUT2D eigenvalue weighted by Gasteiger charge is 1.80. The molecule has 0 rings (SSSR count). The van der Waals surface area contributed by atoms with Crippen LogP contribution in [-0.2, 0) is 0 Å². The molecule has 0 atom stereocenters. The van der Waals surface area contributed by atoms with E-state index in [1.165, 1.54) is 12.3 Å². The minimum atomic E-state index is -0.0217. The summed E-state index contributed by atoms with van der Waals surface area (Å²) in [5.74, 6) is 4.80. The van der Waals surface area contributed by atoms with Gasteiger partial charge in [0.2, 0.25) is 0 Å². The monoisotopic (exact) mass is 138 g/mol. The van der Waals surface area contributed by atoms with Gasteiger partial charge < -0.3 is 10.9 Å². The summed E-state index contributed by atoms with van der Waals surface area (Å²) in [6.07, 6.45) is 4.34. The van der Waals surface area contributed by atoms with Crippen molar-refractivity contribution in [3.8, 4) is 0 Å². The maximum absolute atomic E-state index is 8.57. The Hall–Kier alpha value is -1.51. The van der Waals surface area contributed by atoms with Crippen molar-refractivity contribution in [2.75, 3.05) is 0 Å². The summed E-state index contributed by atoms with van der Waals surface area (Å²) in [6, 6.07) is 0. The zero-order valence-electron chi connectivity index (χ0n) is 5.62. The topological polar surface area (TPSA) is 58.6 Å². The third-order valence-electron chi connectivity index (χ3n) is 0.730. The zero-order chi connectivity index (χ0) is 7.98. The summed E-state index contributed by atoms with van der Waals surface area (Å²) < 4.78 is 0. The van der Waals surface area contributed by atoms with Gasteiger partial charge in [0.05, 0.1) is 6.21 Å². The number of hydrogen-bond donors (Lipinski definition) is 2. The van der Waals surface area contributed by atoms with Crippen molar-refractivity contribution in [1.29, 1.82) is 0 Å². The molecule has 0 aliphatic heterocycles. The van der Waals surface area contributed by atoms with Crippen LogP contribution in [0.2, 0.25) is 0 Å². The number of aliphatic hydroxyl groups is 1. The molecule has 0 saturated carbocycles. The van der Waals surface area contributed by atoms with Gasteiger partial charge in [-0.25, -0.2) is 0 Å². The highest BCUT2D eigenvalue weighted by Crippen LogP contribution is 1.91. The molecule has 0 fully saturated rings. The number of nitrogens with zero attached hydrogens (tertiary/aromatic N) is 1.